The summed E-state index contributed by atoms with van der Waals surface area (Å²) in [6.07, 6.45) is 11.9. The minimum Gasteiger partial charge on any atom is -0.497 e. The highest BCUT2D eigenvalue weighted by Gasteiger charge is 2.25. The van der Waals surface area contributed by atoms with Gasteiger partial charge in [-0.1, -0.05) is 77.3 Å². The molecule has 2 unspecified atom stereocenters. The predicted molar refractivity (Wildman–Crippen MR) is 290 cm³/mol. The number of ether oxygens (including phenoxy) is 8. The van der Waals surface area contributed by atoms with E-state index in [4.69, 9.17) is 43.6 Å². The molecule has 0 aliphatic heterocycles. The molecular weight excluding hydrogens is 973 g/mol. The van der Waals surface area contributed by atoms with Crippen molar-refractivity contribution in [1.29, 1.82) is 0 Å². The minimum atomic E-state index is -1.19. The van der Waals surface area contributed by atoms with Crippen LogP contribution < -0.4 is 44.2 Å². The van der Waals surface area contributed by atoms with Crippen LogP contribution in [0.2, 0.25) is 0 Å². The Morgan fingerprint density at radius 1 is 0.526 bits per heavy atom. The number of methoxy groups -OCH3 is 3. The second-order valence-electron chi connectivity index (χ2n) is 19.0. The zero-order chi connectivity index (χ0) is 55.5. The van der Waals surface area contributed by atoms with Crippen molar-refractivity contribution in [2.45, 2.75) is 129 Å². The number of carbonyl (C=O) groups is 5. The van der Waals surface area contributed by atoms with Gasteiger partial charge in [0.05, 0.1) is 45.7 Å². The van der Waals surface area contributed by atoms with Crippen LogP contribution in [0.3, 0.4) is 0 Å². The highest BCUT2D eigenvalue weighted by molar-refractivity contribution is 5.97. The molecule has 0 aromatic heterocycles. The van der Waals surface area contributed by atoms with Crippen LogP contribution in [0.15, 0.2) is 109 Å². The summed E-state index contributed by atoms with van der Waals surface area (Å²) in [6, 6.07) is 27.8. The van der Waals surface area contributed by atoms with E-state index in [0.29, 0.717) is 52.7 Å². The summed E-state index contributed by atoms with van der Waals surface area (Å²) >= 11 is 0. The Balaban J connectivity index is 0.000000333. The van der Waals surface area contributed by atoms with Crippen molar-refractivity contribution in [3.63, 3.8) is 0 Å². The normalized spacial score (nSPS) is 11.6. The molecule has 0 saturated heterocycles. The fourth-order valence-electron chi connectivity index (χ4n) is 7.46. The summed E-state index contributed by atoms with van der Waals surface area (Å²) in [5, 5.41) is 12.2. The fraction of sp³-hybridized carbons (Fsp3) is 0.417. The largest absolute Gasteiger partial charge is 0.497 e. The zero-order valence-electron chi connectivity index (χ0n) is 45.3. The van der Waals surface area contributed by atoms with E-state index in [-0.39, 0.29) is 30.1 Å². The standard InChI is InChI=1S/C32H37NO8.C28H39NO6/c1-4-5-6-7-8-19-40-26-16-12-24(13-17-26)32(37)41-28-18-9-22(21-29(28)39-3)20-27(31(35)36)33-30(34)23-10-14-25(38-2)15-11-23;1-6-7-8-9-10-17-33-22-14-12-21(13-15-22)26(30)34-24-16-11-20(19-25(24)32-5)18-23(29)27(31)35-28(2,3)4/h9-18,21,27H,4-8,19-20H2,1-3H3,(H,33,34)(H,35,36);11-16,19,23H,6-10,17-18,29H2,1-5H3. The molecule has 4 N–H and O–H groups in total. The molecule has 0 radical (unpaired) electrons. The van der Waals surface area contributed by atoms with E-state index in [2.05, 4.69) is 19.2 Å². The molecule has 16 heteroatoms. The third-order valence-corrected chi connectivity index (χ3v) is 11.6. The van der Waals surface area contributed by atoms with Gasteiger partial charge < -0.3 is 54.1 Å². The van der Waals surface area contributed by atoms with E-state index >= 15 is 0 Å². The lowest BCUT2D eigenvalue weighted by molar-refractivity contribution is -0.156. The number of benzene rings is 5. The quantitative estimate of drug-likeness (QED) is 0.0230. The molecule has 0 spiro atoms. The molecule has 1 amide bonds. The average molecular weight is 1050 g/mol. The second-order valence-corrected chi connectivity index (χ2v) is 19.0. The molecule has 76 heavy (non-hydrogen) atoms. The van der Waals surface area contributed by atoms with E-state index in [1.54, 1.807) is 124 Å². The maximum absolute atomic E-state index is 12.8. The van der Waals surface area contributed by atoms with E-state index < -0.39 is 47.5 Å². The molecular formula is C60H76N2O14. The van der Waals surface area contributed by atoms with Gasteiger partial charge in [-0.3, -0.25) is 9.59 Å². The molecule has 0 bridgehead atoms. The minimum absolute atomic E-state index is 0.0120. The van der Waals surface area contributed by atoms with Crippen LogP contribution in [-0.2, 0) is 27.2 Å². The Morgan fingerprint density at radius 3 is 1.36 bits per heavy atom. The van der Waals surface area contributed by atoms with Crippen LogP contribution in [0.5, 0.6) is 40.2 Å². The number of carboxylic acid groups (broad SMARTS) is 1. The number of hydrogen-bond donors (Lipinski definition) is 3. The molecule has 0 aliphatic rings. The third kappa shape index (κ3) is 21.3. The van der Waals surface area contributed by atoms with Gasteiger partial charge in [0, 0.05) is 12.0 Å². The van der Waals surface area contributed by atoms with Gasteiger partial charge in [-0.05, 0) is 148 Å². The monoisotopic (exact) mass is 1050 g/mol. The first-order chi connectivity index (χ1) is 36.5. The zero-order valence-corrected chi connectivity index (χ0v) is 45.3. The number of nitrogens with one attached hydrogen (secondary N) is 1. The summed E-state index contributed by atoms with van der Waals surface area (Å²) in [5.41, 5.74) is 7.78. The lowest BCUT2D eigenvalue weighted by Crippen LogP contribution is -2.42. The highest BCUT2D eigenvalue weighted by atomic mass is 16.6. The summed E-state index contributed by atoms with van der Waals surface area (Å²) in [5.74, 6) is -0.195. The number of unbranched alkanes of at least 4 members (excludes halogenated alkanes) is 8. The summed E-state index contributed by atoms with van der Waals surface area (Å²) in [6.45, 7) is 11.0. The maximum atomic E-state index is 12.8. The van der Waals surface area contributed by atoms with Crippen LogP contribution in [0, 0.1) is 0 Å². The predicted octanol–water partition coefficient (Wildman–Crippen LogP) is 11.2. The van der Waals surface area contributed by atoms with Crippen LogP contribution >= 0.6 is 0 Å². The molecule has 0 fully saturated rings. The van der Waals surface area contributed by atoms with Gasteiger partial charge >= 0.3 is 23.9 Å². The molecule has 5 aromatic rings. The fourth-order valence-corrected chi connectivity index (χ4v) is 7.46. The molecule has 16 nitrogen and oxygen atoms in total. The van der Waals surface area contributed by atoms with E-state index in [0.717, 1.165) is 37.0 Å². The molecule has 2 atom stereocenters. The van der Waals surface area contributed by atoms with Crippen molar-refractivity contribution in [3.8, 4) is 40.2 Å². The average Bonchev–Trinajstić information content (AvgIpc) is 3.41. The lowest BCUT2D eigenvalue weighted by Gasteiger charge is -2.22. The Labute approximate surface area is 447 Å². The summed E-state index contributed by atoms with van der Waals surface area (Å²) in [7, 11) is 4.42. The van der Waals surface area contributed by atoms with Crippen molar-refractivity contribution in [1.82, 2.24) is 5.32 Å². The van der Waals surface area contributed by atoms with Gasteiger partial charge in [0.15, 0.2) is 23.0 Å². The number of carbonyl (C=O) groups excluding carboxylic acids is 4. The van der Waals surface area contributed by atoms with Gasteiger partial charge in [-0.2, -0.15) is 0 Å². The van der Waals surface area contributed by atoms with Gasteiger partial charge in [0.1, 0.15) is 34.9 Å². The van der Waals surface area contributed by atoms with Gasteiger partial charge in [0.25, 0.3) is 5.91 Å². The molecule has 5 aromatic carbocycles. The number of amides is 1. The molecule has 410 valence electrons. The van der Waals surface area contributed by atoms with Crippen LogP contribution in [-0.4, -0.2) is 87.1 Å². The Bertz CT molecular complexity index is 2590. The first kappa shape index (κ1) is 61.0. The van der Waals surface area contributed by atoms with E-state index in [1.807, 2.05) is 0 Å². The number of nitrogens with two attached hydrogens (primary N) is 1. The molecule has 0 heterocycles. The van der Waals surface area contributed by atoms with Gasteiger partial charge in [0.2, 0.25) is 0 Å². The third-order valence-electron chi connectivity index (χ3n) is 11.6. The smallest absolute Gasteiger partial charge is 0.343 e. The maximum Gasteiger partial charge on any atom is 0.343 e. The van der Waals surface area contributed by atoms with Crippen molar-refractivity contribution in [2.75, 3.05) is 34.5 Å². The van der Waals surface area contributed by atoms with Crippen LogP contribution in [0.4, 0.5) is 0 Å². The van der Waals surface area contributed by atoms with Crippen molar-refractivity contribution in [3.05, 3.63) is 137 Å². The Hall–Kier alpha value is -7.59. The van der Waals surface area contributed by atoms with Gasteiger partial charge in [-0.25, -0.2) is 14.4 Å². The van der Waals surface area contributed by atoms with Crippen molar-refractivity contribution >= 4 is 29.8 Å². The topological polar surface area (TPSA) is 217 Å². The van der Waals surface area contributed by atoms with E-state index in [9.17, 15) is 29.1 Å². The summed E-state index contributed by atoms with van der Waals surface area (Å²) < 4.78 is 43.8. The SMILES string of the molecule is CCCCCCCOc1ccc(C(=O)Oc2ccc(CC(N)C(=O)OC(C)(C)C)cc2OC)cc1.CCCCCCCOc1ccc(C(=O)Oc2ccc(CC(NC(=O)c3ccc(OC)cc3)C(=O)O)cc2OC)cc1. The lowest BCUT2D eigenvalue weighted by atomic mass is 10.0. The molecule has 5 rings (SSSR count). The summed E-state index contributed by atoms with van der Waals surface area (Å²) in [4.78, 5) is 62.0. The van der Waals surface area contributed by atoms with E-state index in [1.165, 1.54) is 65.9 Å². The second kappa shape index (κ2) is 32.0. The number of aliphatic carboxylic acids is 1. The molecule has 0 aliphatic carbocycles. The van der Waals surface area contributed by atoms with Crippen LogP contribution in [0.1, 0.15) is 141 Å². The number of rotatable bonds is 29. The Kier molecular flexibility index (Phi) is 25.7. The van der Waals surface area contributed by atoms with Crippen LogP contribution in [0.25, 0.3) is 0 Å². The van der Waals surface area contributed by atoms with Gasteiger partial charge in [-0.15, -0.1) is 0 Å². The first-order valence-corrected chi connectivity index (χ1v) is 25.9. The molecule has 0 saturated carbocycles. The Morgan fingerprint density at radius 2 is 0.947 bits per heavy atom. The van der Waals surface area contributed by atoms with Crippen molar-refractivity contribution in [2.24, 2.45) is 5.73 Å². The number of carboxylic acids is 1. The van der Waals surface area contributed by atoms with Crippen molar-refractivity contribution < 1.29 is 67.0 Å². The highest BCUT2D eigenvalue weighted by Crippen LogP contribution is 2.31. The number of hydrogen-bond acceptors (Lipinski definition) is 14. The first-order valence-electron chi connectivity index (χ1n) is 25.9. The number of esters is 3.